The van der Waals surface area contributed by atoms with Crippen LogP contribution in [0.1, 0.15) is 49.8 Å². The van der Waals surface area contributed by atoms with E-state index >= 15 is 0 Å². The predicted octanol–water partition coefficient (Wildman–Crippen LogP) is 6.08. The second kappa shape index (κ2) is 12.4. The van der Waals surface area contributed by atoms with Crippen LogP contribution in [0.2, 0.25) is 10.0 Å². The van der Waals surface area contributed by atoms with E-state index < -0.39 is 5.82 Å². The van der Waals surface area contributed by atoms with Crippen LogP contribution in [0.4, 0.5) is 4.39 Å². The molecule has 0 aromatic heterocycles. The number of carbonyl (C=O) groups is 2. The highest BCUT2D eigenvalue weighted by atomic mass is 35.5. The van der Waals surface area contributed by atoms with Gasteiger partial charge in [0.15, 0.2) is 0 Å². The minimum atomic E-state index is -0.518. The Bertz CT molecular complexity index is 1080. The number of benzene rings is 2. The van der Waals surface area contributed by atoms with E-state index in [1.54, 1.807) is 18.2 Å². The van der Waals surface area contributed by atoms with E-state index in [1.165, 1.54) is 17.0 Å². The van der Waals surface area contributed by atoms with Crippen molar-refractivity contribution in [3.8, 4) is 5.75 Å². The zero-order valence-electron chi connectivity index (χ0n) is 19.6. The van der Waals surface area contributed by atoms with Crippen molar-refractivity contribution in [3.63, 3.8) is 0 Å². The van der Waals surface area contributed by atoms with Crippen molar-refractivity contribution in [3.05, 3.63) is 75.7 Å². The molecule has 6 nitrogen and oxygen atoms in total. The third-order valence-electron chi connectivity index (χ3n) is 5.82. The molecule has 0 saturated carbocycles. The highest BCUT2D eigenvalue weighted by Crippen LogP contribution is 2.32. The fraction of sp³-hybridized carbons (Fsp3) is 0.385. The molecule has 1 aliphatic rings. The number of halogens is 3. The number of hydrogen-bond acceptors (Lipinski definition) is 5. The van der Waals surface area contributed by atoms with E-state index in [9.17, 15) is 19.1 Å². The third kappa shape index (κ3) is 7.19. The fourth-order valence-corrected chi connectivity index (χ4v) is 4.52. The smallest absolute Gasteiger partial charge is 0.229 e. The van der Waals surface area contributed by atoms with Crippen molar-refractivity contribution >= 4 is 35.0 Å². The van der Waals surface area contributed by atoms with Crippen molar-refractivity contribution in [2.24, 2.45) is 0 Å². The third-order valence-corrected chi connectivity index (χ3v) is 6.42. The van der Waals surface area contributed by atoms with Crippen molar-refractivity contribution in [1.29, 1.82) is 0 Å². The summed E-state index contributed by atoms with van der Waals surface area (Å²) in [4.78, 5) is 26.8. The molecule has 1 fully saturated rings. The molecule has 2 aromatic carbocycles. The van der Waals surface area contributed by atoms with Crippen LogP contribution >= 0.6 is 23.2 Å². The molecule has 0 spiro atoms. The van der Waals surface area contributed by atoms with E-state index in [2.05, 4.69) is 11.5 Å². The first-order chi connectivity index (χ1) is 16.7. The molecule has 0 aliphatic carbocycles. The Kier molecular flexibility index (Phi) is 9.55. The van der Waals surface area contributed by atoms with Crippen molar-refractivity contribution < 1.29 is 23.8 Å². The molecule has 1 saturated heterocycles. The van der Waals surface area contributed by atoms with Crippen LogP contribution < -0.4 is 4.74 Å². The van der Waals surface area contributed by atoms with Gasteiger partial charge in [0.2, 0.25) is 11.8 Å². The minimum absolute atomic E-state index is 0.00297. The normalized spacial score (nSPS) is 14.6. The summed E-state index contributed by atoms with van der Waals surface area (Å²) in [5.41, 5.74) is 1.59. The lowest BCUT2D eigenvalue weighted by molar-refractivity contribution is -0.138. The summed E-state index contributed by atoms with van der Waals surface area (Å²) in [5, 5.41) is 10.4. The summed E-state index contributed by atoms with van der Waals surface area (Å²) in [7, 11) is 0. The Morgan fingerprint density at radius 1 is 1.17 bits per heavy atom. The molecule has 1 N–H and O–H groups in total. The van der Waals surface area contributed by atoms with Gasteiger partial charge < -0.3 is 9.84 Å². The number of amides is 2. The van der Waals surface area contributed by atoms with Gasteiger partial charge in [-0.2, -0.15) is 0 Å². The molecular formula is C26H29Cl2FN2O4. The van der Waals surface area contributed by atoms with E-state index in [0.717, 1.165) is 12.0 Å². The number of ether oxygens (including phenoxy) is 1. The topological polar surface area (TPSA) is 70.1 Å². The lowest BCUT2D eigenvalue weighted by Gasteiger charge is -2.32. The number of carbonyl (C=O) groups excluding carboxylic acids is 2. The predicted molar refractivity (Wildman–Crippen MR) is 134 cm³/mol. The molecule has 188 valence electrons. The summed E-state index contributed by atoms with van der Waals surface area (Å²) in [6.45, 7) is 7.19. The summed E-state index contributed by atoms with van der Waals surface area (Å²) >= 11 is 12.3. The number of nitrogens with zero attached hydrogens (tertiary/aromatic N) is 2. The monoisotopic (exact) mass is 522 g/mol. The number of imide groups is 1. The van der Waals surface area contributed by atoms with Gasteiger partial charge in [0, 0.05) is 31.8 Å². The van der Waals surface area contributed by atoms with Gasteiger partial charge in [-0.25, -0.2) is 4.39 Å². The van der Waals surface area contributed by atoms with E-state index in [4.69, 9.17) is 27.9 Å². The summed E-state index contributed by atoms with van der Waals surface area (Å²) in [6.07, 6.45) is 1.57. The van der Waals surface area contributed by atoms with Crippen LogP contribution in [0.15, 0.2) is 48.7 Å². The van der Waals surface area contributed by atoms with E-state index in [-0.39, 0.29) is 61.1 Å². The molecule has 1 atom stereocenters. The van der Waals surface area contributed by atoms with Crippen LogP contribution in [-0.4, -0.2) is 46.4 Å². The van der Waals surface area contributed by atoms with Crippen LogP contribution in [-0.2, 0) is 16.1 Å². The minimum Gasteiger partial charge on any atom is -0.513 e. The van der Waals surface area contributed by atoms with Gasteiger partial charge in [0.05, 0.1) is 22.3 Å². The maximum Gasteiger partial charge on any atom is 0.229 e. The maximum atomic E-state index is 14.2. The van der Waals surface area contributed by atoms with Gasteiger partial charge in [0.1, 0.15) is 18.2 Å². The maximum absolute atomic E-state index is 14.2. The Balaban J connectivity index is 1.72. The second-order valence-electron chi connectivity index (χ2n) is 8.48. The highest BCUT2D eigenvalue weighted by Gasteiger charge is 2.28. The number of aliphatic hydroxyl groups excluding tert-OH is 1. The highest BCUT2D eigenvalue weighted by molar-refractivity contribution is 6.32. The molecule has 2 amide bonds. The number of likely N-dealkylation sites (tertiary alicyclic amines) is 1. The number of rotatable bonds is 12. The quantitative estimate of drug-likeness (QED) is 0.270. The molecule has 2 aromatic rings. The Hall–Kier alpha value is -2.61. The van der Waals surface area contributed by atoms with Crippen molar-refractivity contribution in [1.82, 2.24) is 9.80 Å². The van der Waals surface area contributed by atoms with E-state index in [1.807, 2.05) is 13.0 Å². The van der Waals surface area contributed by atoms with Gasteiger partial charge in [-0.1, -0.05) is 48.8 Å². The zero-order chi connectivity index (χ0) is 25.5. The van der Waals surface area contributed by atoms with Gasteiger partial charge in [0.25, 0.3) is 0 Å². The Morgan fingerprint density at radius 3 is 2.49 bits per heavy atom. The zero-order valence-corrected chi connectivity index (χ0v) is 21.1. The first-order valence-electron chi connectivity index (χ1n) is 11.5. The fourth-order valence-electron chi connectivity index (χ4n) is 4.15. The lowest BCUT2D eigenvalue weighted by Crippen LogP contribution is -2.33. The largest absolute Gasteiger partial charge is 0.513 e. The number of aliphatic hydroxyl groups is 1. The molecule has 1 unspecified atom stereocenters. The molecular weight excluding hydrogens is 494 g/mol. The lowest BCUT2D eigenvalue weighted by atomic mass is 9.99. The Morgan fingerprint density at radius 2 is 1.89 bits per heavy atom. The second-order valence-corrected chi connectivity index (χ2v) is 9.30. The average molecular weight is 523 g/mol. The summed E-state index contributed by atoms with van der Waals surface area (Å²) in [5.74, 6) is -0.427. The summed E-state index contributed by atoms with van der Waals surface area (Å²) < 4.78 is 19.9. The van der Waals surface area contributed by atoms with Gasteiger partial charge >= 0.3 is 0 Å². The molecule has 0 radical (unpaired) electrons. The average Bonchev–Trinajstić information content (AvgIpc) is 3.12. The molecule has 0 bridgehead atoms. The Labute approximate surface area is 214 Å². The van der Waals surface area contributed by atoms with Crippen LogP contribution in [0.3, 0.4) is 0 Å². The van der Waals surface area contributed by atoms with Crippen LogP contribution in [0, 0.1) is 5.82 Å². The van der Waals surface area contributed by atoms with Gasteiger partial charge in [-0.05, 0) is 48.4 Å². The molecule has 3 rings (SSSR count). The SMILES string of the molecule is C=C(O)CC(c1ccc(Cl)c(F)c1)N(CCC)Cc1ccc(OCCN2C(=O)CCC2=O)c(Cl)c1. The number of hydrogen-bond donors (Lipinski definition) is 1. The van der Waals surface area contributed by atoms with Gasteiger partial charge in [-0.15, -0.1) is 0 Å². The van der Waals surface area contributed by atoms with Crippen LogP contribution in [0.25, 0.3) is 0 Å². The molecule has 35 heavy (non-hydrogen) atoms. The van der Waals surface area contributed by atoms with Crippen molar-refractivity contribution in [2.45, 2.75) is 45.2 Å². The van der Waals surface area contributed by atoms with Gasteiger partial charge in [-0.3, -0.25) is 19.4 Å². The molecule has 1 heterocycles. The molecule has 1 aliphatic heterocycles. The van der Waals surface area contributed by atoms with Crippen LogP contribution in [0.5, 0.6) is 5.75 Å². The summed E-state index contributed by atoms with van der Waals surface area (Å²) in [6, 6.07) is 9.75. The first kappa shape index (κ1) is 27.0. The van der Waals surface area contributed by atoms with Crippen molar-refractivity contribution in [2.75, 3.05) is 19.7 Å². The standard InChI is InChI=1S/C26H29Cl2FN2O4/c1-3-10-30(23(13-17(2)32)19-5-6-20(27)22(29)15-19)16-18-4-7-24(21(28)14-18)35-12-11-31-25(33)8-9-26(31)34/h4-7,14-15,23,32H,2-3,8-13,16H2,1H3. The van der Waals surface area contributed by atoms with E-state index in [0.29, 0.717) is 29.4 Å². The molecule has 9 heteroatoms. The first-order valence-corrected chi connectivity index (χ1v) is 12.2.